The summed E-state index contributed by atoms with van der Waals surface area (Å²) in [5.41, 5.74) is 0. The van der Waals surface area contributed by atoms with Crippen molar-refractivity contribution in [3.8, 4) is 0 Å². The van der Waals surface area contributed by atoms with Gasteiger partial charge in [-0.15, -0.1) is 11.8 Å². The quantitative estimate of drug-likeness (QED) is 0.854. The van der Waals surface area contributed by atoms with Crippen LogP contribution in [-0.4, -0.2) is 22.4 Å². The van der Waals surface area contributed by atoms with Gasteiger partial charge in [-0.2, -0.15) is 0 Å². The zero-order valence-electron chi connectivity index (χ0n) is 10.4. The third-order valence-corrected chi connectivity index (χ3v) is 4.11. The molecule has 1 heterocycles. The number of aryl methyl sites for hydroxylation is 1. The molecular weight excluding hydrogens is 266 g/mol. The fraction of sp³-hybridized carbons (Fsp3) is 0.308. The normalized spacial score (nSPS) is 12.6. The van der Waals surface area contributed by atoms with Crippen LogP contribution in [0, 0.1) is 0 Å². The highest BCUT2D eigenvalue weighted by Gasteiger charge is 2.13. The summed E-state index contributed by atoms with van der Waals surface area (Å²) in [5.74, 6) is 1.99. The molecular formula is C13H16ClN3S. The standard InChI is InChI=1S/C13H16ClN3S/c1-15-12(13-16-7-8-17(13)2)9-18-11-5-3-10(14)4-6-11/h3-8,12,15H,9H2,1-2H3. The van der Waals surface area contributed by atoms with Gasteiger partial charge in [0.05, 0.1) is 6.04 Å². The number of hydrogen-bond acceptors (Lipinski definition) is 3. The Hall–Kier alpha value is -0.970. The molecule has 96 valence electrons. The molecule has 1 unspecified atom stereocenters. The molecule has 0 aliphatic carbocycles. The summed E-state index contributed by atoms with van der Waals surface area (Å²) in [6, 6.07) is 8.15. The van der Waals surface area contributed by atoms with E-state index in [0.717, 1.165) is 16.6 Å². The zero-order valence-corrected chi connectivity index (χ0v) is 12.0. The summed E-state index contributed by atoms with van der Waals surface area (Å²) < 4.78 is 2.05. The summed E-state index contributed by atoms with van der Waals surface area (Å²) in [4.78, 5) is 5.60. The molecule has 0 amide bonds. The fourth-order valence-corrected chi connectivity index (χ4v) is 2.84. The fourth-order valence-electron chi connectivity index (χ4n) is 1.71. The van der Waals surface area contributed by atoms with Crippen LogP contribution in [0.1, 0.15) is 11.9 Å². The van der Waals surface area contributed by atoms with Gasteiger partial charge in [0.25, 0.3) is 0 Å². The lowest BCUT2D eigenvalue weighted by molar-refractivity contribution is 0.593. The molecule has 0 saturated heterocycles. The SMILES string of the molecule is CNC(CSc1ccc(Cl)cc1)c1nccn1C. The first kappa shape index (κ1) is 13.5. The highest BCUT2D eigenvalue weighted by atomic mass is 35.5. The van der Waals surface area contributed by atoms with Crippen LogP contribution in [0.3, 0.4) is 0 Å². The molecule has 0 radical (unpaired) electrons. The Balaban J connectivity index is 2.00. The predicted octanol–water partition coefficient (Wildman–Crippen LogP) is 3.13. The van der Waals surface area contributed by atoms with Crippen molar-refractivity contribution >= 4 is 23.4 Å². The van der Waals surface area contributed by atoms with Crippen LogP contribution in [0.4, 0.5) is 0 Å². The van der Waals surface area contributed by atoms with Gasteiger partial charge in [-0.05, 0) is 31.3 Å². The number of halogens is 1. The van der Waals surface area contributed by atoms with Gasteiger partial charge in [-0.1, -0.05) is 11.6 Å². The minimum absolute atomic E-state index is 0.241. The average Bonchev–Trinajstić information content (AvgIpc) is 2.79. The molecule has 0 aliphatic rings. The van der Waals surface area contributed by atoms with E-state index in [0.29, 0.717) is 0 Å². The number of benzene rings is 1. The minimum Gasteiger partial charge on any atom is -0.337 e. The summed E-state index contributed by atoms with van der Waals surface area (Å²) in [5, 5.41) is 4.07. The molecule has 2 aromatic rings. The van der Waals surface area contributed by atoms with Gasteiger partial charge in [0.2, 0.25) is 0 Å². The molecule has 3 nitrogen and oxygen atoms in total. The van der Waals surface area contributed by atoms with Gasteiger partial charge in [-0.25, -0.2) is 4.98 Å². The average molecular weight is 282 g/mol. The van der Waals surface area contributed by atoms with E-state index < -0.39 is 0 Å². The van der Waals surface area contributed by atoms with Crippen molar-refractivity contribution in [2.75, 3.05) is 12.8 Å². The molecule has 5 heteroatoms. The van der Waals surface area contributed by atoms with Crippen LogP contribution in [0.5, 0.6) is 0 Å². The highest BCUT2D eigenvalue weighted by molar-refractivity contribution is 7.99. The Labute approximate surface area is 117 Å². The van der Waals surface area contributed by atoms with E-state index in [-0.39, 0.29) is 6.04 Å². The van der Waals surface area contributed by atoms with Crippen molar-refractivity contribution in [2.45, 2.75) is 10.9 Å². The number of nitrogens with zero attached hydrogens (tertiary/aromatic N) is 2. The number of thioether (sulfide) groups is 1. The largest absolute Gasteiger partial charge is 0.337 e. The van der Waals surface area contributed by atoms with Crippen LogP contribution < -0.4 is 5.32 Å². The number of aromatic nitrogens is 2. The molecule has 0 spiro atoms. The van der Waals surface area contributed by atoms with Crippen LogP contribution in [0.2, 0.25) is 5.02 Å². The molecule has 2 rings (SSSR count). The highest BCUT2D eigenvalue weighted by Crippen LogP contribution is 2.24. The van der Waals surface area contributed by atoms with Crippen molar-refractivity contribution in [3.63, 3.8) is 0 Å². The first-order chi connectivity index (χ1) is 8.70. The maximum Gasteiger partial charge on any atom is 0.126 e. The molecule has 0 saturated carbocycles. The molecule has 1 aromatic heterocycles. The van der Waals surface area contributed by atoms with Crippen molar-refractivity contribution in [3.05, 3.63) is 47.5 Å². The van der Waals surface area contributed by atoms with Gasteiger partial charge in [-0.3, -0.25) is 0 Å². The Morgan fingerprint density at radius 1 is 1.39 bits per heavy atom. The second kappa shape index (κ2) is 6.27. The lowest BCUT2D eigenvalue weighted by Crippen LogP contribution is -2.22. The number of rotatable bonds is 5. The summed E-state index contributed by atoms with van der Waals surface area (Å²) in [6.45, 7) is 0. The molecule has 1 N–H and O–H groups in total. The topological polar surface area (TPSA) is 29.9 Å². The lowest BCUT2D eigenvalue weighted by atomic mass is 10.3. The first-order valence-electron chi connectivity index (χ1n) is 5.73. The molecule has 0 fully saturated rings. The van der Waals surface area contributed by atoms with Crippen LogP contribution in [0.25, 0.3) is 0 Å². The summed E-state index contributed by atoms with van der Waals surface area (Å²) in [7, 11) is 3.97. The van der Waals surface area contributed by atoms with E-state index >= 15 is 0 Å². The smallest absolute Gasteiger partial charge is 0.126 e. The molecule has 18 heavy (non-hydrogen) atoms. The summed E-state index contributed by atoms with van der Waals surface area (Å²) >= 11 is 7.66. The second-order valence-electron chi connectivity index (χ2n) is 4.00. The van der Waals surface area contributed by atoms with Crippen molar-refractivity contribution < 1.29 is 0 Å². The third kappa shape index (κ3) is 3.28. The Morgan fingerprint density at radius 2 is 2.11 bits per heavy atom. The monoisotopic (exact) mass is 281 g/mol. The van der Waals surface area contributed by atoms with Gasteiger partial charge in [0.15, 0.2) is 0 Å². The first-order valence-corrected chi connectivity index (χ1v) is 7.10. The van der Waals surface area contributed by atoms with Crippen LogP contribution in [-0.2, 0) is 7.05 Å². The number of imidazole rings is 1. The van der Waals surface area contributed by atoms with E-state index in [2.05, 4.69) is 10.3 Å². The summed E-state index contributed by atoms with van der Waals surface area (Å²) in [6.07, 6.45) is 3.79. The van der Waals surface area contributed by atoms with Crippen molar-refractivity contribution in [1.82, 2.24) is 14.9 Å². The van der Waals surface area contributed by atoms with Gasteiger partial charge >= 0.3 is 0 Å². The number of hydrogen-bond donors (Lipinski definition) is 1. The molecule has 1 atom stereocenters. The van der Waals surface area contributed by atoms with Gasteiger partial charge in [0, 0.05) is 35.1 Å². The second-order valence-corrected chi connectivity index (χ2v) is 5.53. The molecule has 1 aromatic carbocycles. The maximum absolute atomic E-state index is 5.87. The van der Waals surface area contributed by atoms with Crippen LogP contribution >= 0.6 is 23.4 Å². The zero-order chi connectivity index (χ0) is 13.0. The molecule has 0 bridgehead atoms. The Bertz CT molecular complexity index is 495. The van der Waals surface area contributed by atoms with Crippen LogP contribution in [0.15, 0.2) is 41.6 Å². The van der Waals surface area contributed by atoms with Crippen molar-refractivity contribution in [1.29, 1.82) is 0 Å². The third-order valence-electron chi connectivity index (χ3n) is 2.75. The molecule has 0 aliphatic heterocycles. The van der Waals surface area contributed by atoms with Gasteiger partial charge in [0.1, 0.15) is 5.82 Å². The Morgan fingerprint density at radius 3 is 2.67 bits per heavy atom. The minimum atomic E-state index is 0.241. The maximum atomic E-state index is 5.87. The predicted molar refractivity (Wildman–Crippen MR) is 77.2 cm³/mol. The van der Waals surface area contributed by atoms with E-state index in [1.807, 2.05) is 55.3 Å². The van der Waals surface area contributed by atoms with E-state index in [4.69, 9.17) is 11.6 Å². The Kier molecular flexibility index (Phi) is 4.69. The van der Waals surface area contributed by atoms with E-state index in [1.165, 1.54) is 4.90 Å². The van der Waals surface area contributed by atoms with E-state index in [9.17, 15) is 0 Å². The van der Waals surface area contributed by atoms with Crippen molar-refractivity contribution in [2.24, 2.45) is 7.05 Å². The number of nitrogens with one attached hydrogen (secondary N) is 1. The lowest BCUT2D eigenvalue weighted by Gasteiger charge is -2.15. The van der Waals surface area contributed by atoms with Gasteiger partial charge < -0.3 is 9.88 Å². The van der Waals surface area contributed by atoms with E-state index in [1.54, 1.807) is 11.8 Å².